The first-order chi connectivity index (χ1) is 10.2. The van der Waals surface area contributed by atoms with Crippen LogP contribution < -0.4 is 0 Å². The third-order valence-electron chi connectivity index (χ3n) is 3.85. The van der Waals surface area contributed by atoms with E-state index in [2.05, 4.69) is 4.90 Å². The van der Waals surface area contributed by atoms with Crippen molar-refractivity contribution >= 4 is 11.9 Å². The maximum absolute atomic E-state index is 12.2. The second-order valence-corrected chi connectivity index (χ2v) is 5.24. The first-order valence-electron chi connectivity index (χ1n) is 7.67. The monoisotopic (exact) mass is 293 g/mol. The molecule has 1 saturated heterocycles. The summed E-state index contributed by atoms with van der Waals surface area (Å²) in [7, 11) is 0. The van der Waals surface area contributed by atoms with E-state index in [1.807, 2.05) is 13.0 Å². The second kappa shape index (κ2) is 7.29. The Hall–Kier alpha value is -1.78. The molecule has 0 aromatic carbocycles. The molecule has 0 aromatic rings. The zero-order valence-electron chi connectivity index (χ0n) is 12.8. The lowest BCUT2D eigenvalue weighted by atomic mass is 9.92. The van der Waals surface area contributed by atoms with Gasteiger partial charge in [0.05, 0.1) is 12.2 Å². The minimum Gasteiger partial charge on any atom is -0.463 e. The first-order valence-corrected chi connectivity index (χ1v) is 7.67. The molecular formula is C16H23NO4. The Labute approximate surface area is 125 Å². The molecule has 5 heteroatoms. The summed E-state index contributed by atoms with van der Waals surface area (Å²) in [6, 6.07) is 0.494. The van der Waals surface area contributed by atoms with Gasteiger partial charge in [-0.1, -0.05) is 19.1 Å². The average Bonchev–Trinajstić information content (AvgIpc) is 2.44. The third-order valence-corrected chi connectivity index (χ3v) is 3.85. The van der Waals surface area contributed by atoms with Gasteiger partial charge < -0.3 is 14.4 Å². The van der Waals surface area contributed by atoms with Crippen LogP contribution in [-0.4, -0.2) is 42.6 Å². The molecule has 1 fully saturated rings. The van der Waals surface area contributed by atoms with E-state index in [1.165, 1.54) is 0 Å². The molecule has 0 amide bonds. The molecule has 0 aromatic heterocycles. The molecule has 0 radical (unpaired) electrons. The van der Waals surface area contributed by atoms with E-state index in [4.69, 9.17) is 9.47 Å². The van der Waals surface area contributed by atoms with Crippen molar-refractivity contribution in [2.75, 3.05) is 19.8 Å². The van der Waals surface area contributed by atoms with Crippen molar-refractivity contribution in [1.29, 1.82) is 0 Å². The van der Waals surface area contributed by atoms with Gasteiger partial charge in [-0.15, -0.1) is 0 Å². The van der Waals surface area contributed by atoms with Crippen LogP contribution in [0, 0.1) is 0 Å². The minimum absolute atomic E-state index is 0.0264. The Morgan fingerprint density at radius 1 is 1.33 bits per heavy atom. The molecule has 2 aliphatic heterocycles. The standard InChI is InChI=1S/C16H23NO4/c1-3-6-12(15(18)20-4-2)11-21-16(19)14-8-5-7-13-9-10-17(13)14/h6,8,13H,3-5,7,9-11H2,1-2H3/b12-6+. The van der Waals surface area contributed by atoms with Crippen molar-refractivity contribution < 1.29 is 19.1 Å². The fourth-order valence-electron chi connectivity index (χ4n) is 2.68. The van der Waals surface area contributed by atoms with Crippen LogP contribution in [0.15, 0.2) is 23.4 Å². The molecule has 1 unspecified atom stereocenters. The van der Waals surface area contributed by atoms with Gasteiger partial charge in [-0.3, -0.25) is 0 Å². The maximum atomic E-state index is 12.2. The predicted molar refractivity (Wildman–Crippen MR) is 78.4 cm³/mol. The molecule has 116 valence electrons. The minimum atomic E-state index is -0.411. The van der Waals surface area contributed by atoms with Crippen molar-refractivity contribution in [2.24, 2.45) is 0 Å². The van der Waals surface area contributed by atoms with Crippen molar-refractivity contribution in [3.8, 4) is 0 Å². The van der Waals surface area contributed by atoms with Gasteiger partial charge in [0.15, 0.2) is 0 Å². The number of esters is 2. The van der Waals surface area contributed by atoms with Gasteiger partial charge >= 0.3 is 11.9 Å². The van der Waals surface area contributed by atoms with Gasteiger partial charge in [0.2, 0.25) is 0 Å². The molecule has 0 N–H and O–H groups in total. The Balaban J connectivity index is 1.91. The van der Waals surface area contributed by atoms with Crippen LogP contribution >= 0.6 is 0 Å². The second-order valence-electron chi connectivity index (χ2n) is 5.24. The molecule has 0 spiro atoms. The summed E-state index contributed by atoms with van der Waals surface area (Å²) in [5.41, 5.74) is 1.06. The number of fused-ring (bicyclic) bond motifs is 1. The number of nitrogens with zero attached hydrogens (tertiary/aromatic N) is 1. The van der Waals surface area contributed by atoms with E-state index in [1.54, 1.807) is 13.0 Å². The van der Waals surface area contributed by atoms with Crippen molar-refractivity contribution in [1.82, 2.24) is 4.90 Å². The smallest absolute Gasteiger partial charge is 0.354 e. The highest BCUT2D eigenvalue weighted by Crippen LogP contribution is 2.31. The zero-order chi connectivity index (χ0) is 15.2. The highest BCUT2D eigenvalue weighted by Gasteiger charge is 2.35. The molecule has 2 aliphatic rings. The molecule has 0 saturated carbocycles. The lowest BCUT2D eigenvalue weighted by molar-refractivity contribution is -0.144. The summed E-state index contributed by atoms with van der Waals surface area (Å²) in [4.78, 5) is 26.0. The van der Waals surface area contributed by atoms with Gasteiger partial charge in [-0.2, -0.15) is 0 Å². The van der Waals surface area contributed by atoms with Crippen molar-refractivity contribution in [3.05, 3.63) is 23.4 Å². The van der Waals surface area contributed by atoms with Crippen molar-refractivity contribution in [3.63, 3.8) is 0 Å². The zero-order valence-corrected chi connectivity index (χ0v) is 12.8. The van der Waals surface area contributed by atoms with Gasteiger partial charge in [-0.05, 0) is 32.6 Å². The Bertz CT molecular complexity index is 467. The van der Waals surface area contributed by atoms with E-state index in [0.29, 0.717) is 30.3 Å². The Morgan fingerprint density at radius 3 is 2.76 bits per heavy atom. The van der Waals surface area contributed by atoms with Crippen LogP contribution in [0.2, 0.25) is 0 Å². The average molecular weight is 293 g/mol. The maximum Gasteiger partial charge on any atom is 0.354 e. The van der Waals surface area contributed by atoms with Gasteiger partial charge in [0.1, 0.15) is 12.3 Å². The molecule has 0 aliphatic carbocycles. The third kappa shape index (κ3) is 3.65. The summed E-state index contributed by atoms with van der Waals surface area (Å²) in [6.45, 7) is 4.89. The molecule has 2 rings (SSSR count). The lowest BCUT2D eigenvalue weighted by Crippen LogP contribution is -2.50. The Morgan fingerprint density at radius 2 is 2.14 bits per heavy atom. The quantitative estimate of drug-likeness (QED) is 0.555. The number of ether oxygens (including phenoxy) is 2. The van der Waals surface area contributed by atoms with Gasteiger partial charge in [-0.25, -0.2) is 9.59 Å². The molecular weight excluding hydrogens is 270 g/mol. The summed E-state index contributed by atoms with van der Waals surface area (Å²) >= 11 is 0. The number of carbonyl (C=O) groups is 2. The van der Waals surface area contributed by atoms with E-state index < -0.39 is 5.97 Å². The van der Waals surface area contributed by atoms with Crippen LogP contribution in [0.3, 0.4) is 0 Å². The number of rotatable bonds is 6. The highest BCUT2D eigenvalue weighted by atomic mass is 16.5. The summed E-state index contributed by atoms with van der Waals surface area (Å²) in [6.07, 6.45) is 7.55. The predicted octanol–water partition coefficient (Wildman–Crippen LogP) is 2.18. The Kier molecular flexibility index (Phi) is 5.42. The SMILES string of the molecule is CC/C=C(\COC(=O)C1=CCCC2CCN12)C(=O)OCC. The number of allylic oxidation sites excluding steroid dienone is 2. The molecule has 5 nitrogen and oxygen atoms in total. The van der Waals surface area contributed by atoms with Gasteiger partial charge in [0.25, 0.3) is 0 Å². The summed E-state index contributed by atoms with van der Waals surface area (Å²) in [5, 5.41) is 0. The fourth-order valence-corrected chi connectivity index (χ4v) is 2.68. The molecule has 0 bridgehead atoms. The van der Waals surface area contributed by atoms with Crippen LogP contribution in [0.25, 0.3) is 0 Å². The van der Waals surface area contributed by atoms with Crippen molar-refractivity contribution in [2.45, 2.75) is 45.6 Å². The van der Waals surface area contributed by atoms with Crippen LogP contribution in [0.5, 0.6) is 0 Å². The lowest BCUT2D eigenvalue weighted by Gasteiger charge is -2.45. The van der Waals surface area contributed by atoms with Gasteiger partial charge in [0, 0.05) is 12.6 Å². The largest absolute Gasteiger partial charge is 0.463 e. The van der Waals surface area contributed by atoms with E-state index >= 15 is 0 Å². The first kappa shape index (κ1) is 15.6. The van der Waals surface area contributed by atoms with Crippen LogP contribution in [-0.2, 0) is 19.1 Å². The molecule has 2 heterocycles. The molecule has 1 atom stereocenters. The fraction of sp³-hybridized carbons (Fsp3) is 0.625. The van der Waals surface area contributed by atoms with Crippen LogP contribution in [0.1, 0.15) is 39.5 Å². The van der Waals surface area contributed by atoms with E-state index in [0.717, 1.165) is 25.8 Å². The number of hydrogen-bond donors (Lipinski definition) is 0. The number of carbonyl (C=O) groups excluding carboxylic acids is 2. The topological polar surface area (TPSA) is 55.8 Å². The summed E-state index contributed by atoms with van der Waals surface area (Å²) < 4.78 is 10.3. The normalized spacial score (nSPS) is 21.0. The van der Waals surface area contributed by atoms with E-state index in [9.17, 15) is 9.59 Å². The van der Waals surface area contributed by atoms with Crippen LogP contribution in [0.4, 0.5) is 0 Å². The number of hydrogen-bond acceptors (Lipinski definition) is 5. The van der Waals surface area contributed by atoms with E-state index in [-0.39, 0.29) is 12.6 Å². The summed E-state index contributed by atoms with van der Waals surface area (Å²) in [5.74, 6) is -0.752. The molecule has 21 heavy (non-hydrogen) atoms. The highest BCUT2D eigenvalue weighted by molar-refractivity contribution is 5.91.